The summed E-state index contributed by atoms with van der Waals surface area (Å²) in [6.07, 6.45) is -1.27. The Morgan fingerprint density at radius 3 is 2.38 bits per heavy atom. The average Bonchev–Trinajstić information content (AvgIpc) is 1.81. The Morgan fingerprint density at radius 2 is 2.00 bits per heavy atom. The second-order valence-corrected chi connectivity index (χ2v) is 3.77. The fourth-order valence-corrected chi connectivity index (χ4v) is 1.08. The maximum absolute atomic E-state index is 10.6. The van der Waals surface area contributed by atoms with Gasteiger partial charge in [0, 0.05) is 0 Å². The molecule has 0 aliphatic heterocycles. The molecule has 0 bridgehead atoms. The molecule has 0 saturated heterocycles. The minimum Gasteiger partial charge on any atom is -0.435 e. The van der Waals surface area contributed by atoms with Gasteiger partial charge in [-0.15, -0.1) is 0 Å². The Balaban J connectivity index is 3.88. The summed E-state index contributed by atoms with van der Waals surface area (Å²) in [6.45, 7) is 3.03. The third kappa shape index (κ3) is 7.54. The predicted octanol–water partition coefficient (Wildman–Crippen LogP) is 0.482. The van der Waals surface area contributed by atoms with Crippen LogP contribution in [-0.2, 0) is 23.8 Å². The Bertz CT molecular complexity index is 256. The zero-order chi connectivity index (χ0) is 10.5. The van der Waals surface area contributed by atoms with Crippen LogP contribution < -0.4 is 0 Å². The van der Waals surface area contributed by atoms with E-state index in [0.29, 0.717) is 0 Å². The van der Waals surface area contributed by atoms with Crippen molar-refractivity contribution in [1.29, 1.82) is 0 Å². The number of ether oxygens (including phenoxy) is 2. The second kappa shape index (κ2) is 5.03. The SMILES string of the molecule is CCOC(=O)OC(C)OS(C)(=O)=O. The van der Waals surface area contributed by atoms with Gasteiger partial charge in [0.05, 0.1) is 12.9 Å². The molecule has 0 fully saturated rings. The van der Waals surface area contributed by atoms with Gasteiger partial charge < -0.3 is 9.47 Å². The van der Waals surface area contributed by atoms with E-state index in [1.807, 2.05) is 0 Å². The zero-order valence-corrected chi connectivity index (χ0v) is 8.46. The van der Waals surface area contributed by atoms with E-state index in [9.17, 15) is 13.2 Å². The van der Waals surface area contributed by atoms with Crippen molar-refractivity contribution < 1.29 is 26.9 Å². The summed E-state index contributed by atoms with van der Waals surface area (Å²) in [4.78, 5) is 10.6. The Kier molecular flexibility index (Phi) is 4.71. The van der Waals surface area contributed by atoms with E-state index in [-0.39, 0.29) is 6.61 Å². The molecule has 0 radical (unpaired) electrons. The minimum atomic E-state index is -3.62. The monoisotopic (exact) mass is 212 g/mol. The van der Waals surface area contributed by atoms with Crippen LogP contribution in [0.15, 0.2) is 0 Å². The van der Waals surface area contributed by atoms with Crippen LogP contribution in [0.5, 0.6) is 0 Å². The lowest BCUT2D eigenvalue weighted by molar-refractivity contribution is -0.0479. The van der Waals surface area contributed by atoms with Crippen LogP contribution in [-0.4, -0.2) is 33.7 Å². The average molecular weight is 212 g/mol. The predicted molar refractivity (Wildman–Crippen MR) is 43.5 cm³/mol. The summed E-state index contributed by atoms with van der Waals surface area (Å²) in [5.41, 5.74) is 0. The van der Waals surface area contributed by atoms with Crippen LogP contribution in [0.1, 0.15) is 13.8 Å². The van der Waals surface area contributed by atoms with Crippen molar-refractivity contribution in [2.45, 2.75) is 20.1 Å². The lowest BCUT2D eigenvalue weighted by Gasteiger charge is -2.11. The Morgan fingerprint density at radius 1 is 1.46 bits per heavy atom. The van der Waals surface area contributed by atoms with E-state index in [1.54, 1.807) is 6.92 Å². The molecule has 13 heavy (non-hydrogen) atoms. The molecule has 0 spiro atoms. The molecule has 78 valence electrons. The lowest BCUT2D eigenvalue weighted by Crippen LogP contribution is -2.21. The van der Waals surface area contributed by atoms with Crippen molar-refractivity contribution in [3.05, 3.63) is 0 Å². The lowest BCUT2D eigenvalue weighted by atomic mass is 10.8. The summed E-state index contributed by atoms with van der Waals surface area (Å²) in [5, 5.41) is 0. The van der Waals surface area contributed by atoms with Gasteiger partial charge in [-0.3, -0.25) is 0 Å². The molecule has 7 heteroatoms. The van der Waals surface area contributed by atoms with E-state index in [4.69, 9.17) is 0 Å². The molecule has 6 nitrogen and oxygen atoms in total. The molecule has 0 N–H and O–H groups in total. The molecular formula is C6H12O6S. The summed E-state index contributed by atoms with van der Waals surface area (Å²) >= 11 is 0. The van der Waals surface area contributed by atoms with E-state index < -0.39 is 22.6 Å². The van der Waals surface area contributed by atoms with E-state index in [0.717, 1.165) is 6.26 Å². The van der Waals surface area contributed by atoms with Crippen molar-refractivity contribution in [2.24, 2.45) is 0 Å². The van der Waals surface area contributed by atoms with Gasteiger partial charge in [-0.25, -0.2) is 8.98 Å². The first-order chi connectivity index (χ1) is 5.85. The number of rotatable bonds is 4. The number of hydrogen-bond acceptors (Lipinski definition) is 6. The van der Waals surface area contributed by atoms with Crippen LogP contribution in [0.2, 0.25) is 0 Å². The molecule has 0 aliphatic carbocycles. The fraction of sp³-hybridized carbons (Fsp3) is 0.833. The number of carbonyl (C=O) groups excluding carboxylic acids is 1. The maximum atomic E-state index is 10.6. The van der Waals surface area contributed by atoms with Crippen molar-refractivity contribution in [1.82, 2.24) is 0 Å². The van der Waals surface area contributed by atoms with Gasteiger partial charge in [0.2, 0.25) is 6.29 Å². The highest BCUT2D eigenvalue weighted by atomic mass is 32.2. The van der Waals surface area contributed by atoms with Crippen molar-refractivity contribution in [2.75, 3.05) is 12.9 Å². The first kappa shape index (κ1) is 12.2. The van der Waals surface area contributed by atoms with E-state index in [2.05, 4.69) is 13.7 Å². The van der Waals surface area contributed by atoms with Gasteiger partial charge in [0.25, 0.3) is 10.1 Å². The summed E-state index contributed by atoms with van der Waals surface area (Å²) in [5.74, 6) is 0. The molecule has 1 unspecified atom stereocenters. The molecular weight excluding hydrogens is 200 g/mol. The topological polar surface area (TPSA) is 78.9 Å². The van der Waals surface area contributed by atoms with Crippen LogP contribution in [0.4, 0.5) is 4.79 Å². The standard InChI is InChI=1S/C6H12O6S/c1-4-10-6(7)11-5(2)12-13(3,8)9/h5H,4H2,1-3H3. The Hall–Kier alpha value is -0.820. The first-order valence-corrected chi connectivity index (χ1v) is 5.38. The summed E-state index contributed by atoms with van der Waals surface area (Å²) in [7, 11) is -3.62. The molecule has 0 rings (SSSR count). The van der Waals surface area contributed by atoms with E-state index >= 15 is 0 Å². The summed E-state index contributed by atoms with van der Waals surface area (Å²) < 4.78 is 34.2. The van der Waals surface area contributed by atoms with Gasteiger partial charge in [-0.2, -0.15) is 8.42 Å². The third-order valence-corrected chi connectivity index (χ3v) is 1.46. The van der Waals surface area contributed by atoms with Crippen LogP contribution >= 0.6 is 0 Å². The molecule has 0 saturated carbocycles. The van der Waals surface area contributed by atoms with Gasteiger partial charge in [-0.1, -0.05) is 0 Å². The Labute approximate surface area is 76.9 Å². The molecule has 0 heterocycles. The minimum absolute atomic E-state index is 0.157. The summed E-state index contributed by atoms with van der Waals surface area (Å²) in [6, 6.07) is 0. The van der Waals surface area contributed by atoms with Crippen molar-refractivity contribution in [3.63, 3.8) is 0 Å². The molecule has 0 aromatic rings. The van der Waals surface area contributed by atoms with Gasteiger partial charge in [0.15, 0.2) is 0 Å². The molecule has 1 atom stereocenters. The molecule has 0 amide bonds. The van der Waals surface area contributed by atoms with Gasteiger partial charge >= 0.3 is 6.16 Å². The normalized spacial score (nSPS) is 13.5. The largest absolute Gasteiger partial charge is 0.510 e. The smallest absolute Gasteiger partial charge is 0.435 e. The maximum Gasteiger partial charge on any atom is 0.510 e. The highest BCUT2D eigenvalue weighted by Gasteiger charge is 2.15. The number of carbonyl (C=O) groups is 1. The van der Waals surface area contributed by atoms with Gasteiger partial charge in [-0.05, 0) is 13.8 Å². The number of hydrogen-bond donors (Lipinski definition) is 0. The third-order valence-electron chi connectivity index (χ3n) is 0.835. The van der Waals surface area contributed by atoms with Crippen molar-refractivity contribution in [3.8, 4) is 0 Å². The zero-order valence-electron chi connectivity index (χ0n) is 7.64. The second-order valence-electron chi connectivity index (χ2n) is 2.17. The highest BCUT2D eigenvalue weighted by molar-refractivity contribution is 7.86. The molecule has 0 aromatic carbocycles. The van der Waals surface area contributed by atoms with Gasteiger partial charge in [0.1, 0.15) is 0 Å². The van der Waals surface area contributed by atoms with E-state index in [1.165, 1.54) is 6.92 Å². The molecule has 0 aliphatic rings. The quantitative estimate of drug-likeness (QED) is 0.383. The van der Waals surface area contributed by atoms with Crippen LogP contribution in [0.25, 0.3) is 0 Å². The van der Waals surface area contributed by atoms with Crippen LogP contribution in [0, 0.1) is 0 Å². The highest BCUT2D eigenvalue weighted by Crippen LogP contribution is 2.00. The molecule has 0 aromatic heterocycles. The van der Waals surface area contributed by atoms with Crippen LogP contribution in [0.3, 0.4) is 0 Å². The first-order valence-electron chi connectivity index (χ1n) is 3.57. The van der Waals surface area contributed by atoms with Crippen molar-refractivity contribution >= 4 is 16.3 Å². The fourth-order valence-electron chi connectivity index (χ4n) is 0.553.